The molecule has 0 N–H and O–H groups in total. The number of fused-ring (bicyclic) bond motifs is 2. The van der Waals surface area contributed by atoms with Crippen molar-refractivity contribution in [3.8, 4) is 0 Å². The smallest absolute Gasteiger partial charge is 0.262 e. The van der Waals surface area contributed by atoms with Crippen LogP contribution in [0.25, 0.3) is 10.2 Å². The van der Waals surface area contributed by atoms with Crippen molar-refractivity contribution >= 4 is 45.0 Å². The minimum Gasteiger partial charge on any atom is -0.269 e. The summed E-state index contributed by atoms with van der Waals surface area (Å²) < 4.78 is 0. The minimum absolute atomic E-state index is 0.292. The molecule has 1 aliphatic heterocycles. The number of aromatic nitrogens is 1. The molecule has 4 nitrogen and oxygen atoms in total. The number of thiophene rings is 1. The maximum atomic E-state index is 12.6. The van der Waals surface area contributed by atoms with Crippen LogP contribution in [-0.4, -0.2) is 21.7 Å². The highest BCUT2D eigenvalue weighted by molar-refractivity contribution is 7.16. The number of hydrogen-bond donors (Lipinski definition) is 0. The molecule has 2 aromatic heterocycles. The second-order valence-electron chi connectivity index (χ2n) is 5.39. The molecule has 0 unspecified atom stereocenters. The molecule has 128 valence electrons. The molecule has 3 aromatic rings. The van der Waals surface area contributed by atoms with Gasteiger partial charge in [0.1, 0.15) is 9.98 Å². The van der Waals surface area contributed by atoms with E-state index in [1.165, 1.54) is 16.2 Å². The van der Waals surface area contributed by atoms with Gasteiger partial charge in [-0.2, -0.15) is 0 Å². The SMILES string of the molecule is CC.C[C@@H](c1cc2ccsc2nc1Cl)N1C(=O)c2ccccc2C1=O. The number of halogens is 1. The molecule has 0 fully saturated rings. The number of nitrogens with zero attached hydrogens (tertiary/aromatic N) is 2. The van der Waals surface area contributed by atoms with E-state index in [2.05, 4.69) is 4.98 Å². The monoisotopic (exact) mass is 372 g/mol. The Balaban J connectivity index is 0.000000880. The predicted octanol–water partition coefficient (Wildman–Crippen LogP) is 5.33. The lowest BCUT2D eigenvalue weighted by Crippen LogP contribution is -2.32. The maximum absolute atomic E-state index is 12.6. The van der Waals surface area contributed by atoms with Gasteiger partial charge < -0.3 is 0 Å². The van der Waals surface area contributed by atoms with E-state index in [-0.39, 0.29) is 11.8 Å². The minimum atomic E-state index is -0.480. The van der Waals surface area contributed by atoms with E-state index in [9.17, 15) is 9.59 Å². The zero-order valence-corrected chi connectivity index (χ0v) is 15.7. The molecule has 0 saturated heterocycles. The van der Waals surface area contributed by atoms with Crippen molar-refractivity contribution in [2.45, 2.75) is 26.8 Å². The van der Waals surface area contributed by atoms with E-state index in [0.717, 1.165) is 10.2 Å². The fraction of sp³-hybridized carbons (Fsp3) is 0.211. The number of amides is 2. The van der Waals surface area contributed by atoms with Crippen molar-refractivity contribution in [1.29, 1.82) is 0 Å². The van der Waals surface area contributed by atoms with E-state index < -0.39 is 6.04 Å². The van der Waals surface area contributed by atoms with Crippen molar-refractivity contribution in [2.75, 3.05) is 0 Å². The van der Waals surface area contributed by atoms with Crippen LogP contribution in [-0.2, 0) is 0 Å². The summed E-state index contributed by atoms with van der Waals surface area (Å²) >= 11 is 7.79. The molecule has 2 amide bonds. The van der Waals surface area contributed by atoms with Gasteiger partial charge in [-0.25, -0.2) is 4.98 Å². The summed E-state index contributed by atoms with van der Waals surface area (Å²) in [5.41, 5.74) is 1.54. The van der Waals surface area contributed by atoms with Crippen LogP contribution in [0.3, 0.4) is 0 Å². The Bertz CT molecular complexity index is 932. The third-order valence-electron chi connectivity index (χ3n) is 4.09. The first kappa shape index (κ1) is 17.6. The number of carbonyl (C=O) groups is 2. The van der Waals surface area contributed by atoms with Crippen LogP contribution in [0.4, 0.5) is 0 Å². The van der Waals surface area contributed by atoms with Gasteiger partial charge in [0.25, 0.3) is 11.8 Å². The molecule has 0 radical (unpaired) electrons. The number of benzene rings is 1. The van der Waals surface area contributed by atoms with Gasteiger partial charge in [-0.15, -0.1) is 11.3 Å². The van der Waals surface area contributed by atoms with Crippen LogP contribution in [0, 0.1) is 0 Å². The Kier molecular flexibility index (Phi) is 4.88. The lowest BCUT2D eigenvalue weighted by Gasteiger charge is -2.23. The molecule has 25 heavy (non-hydrogen) atoms. The summed E-state index contributed by atoms with van der Waals surface area (Å²) in [5, 5.41) is 3.21. The van der Waals surface area contributed by atoms with Crippen LogP contribution in [0.5, 0.6) is 0 Å². The van der Waals surface area contributed by atoms with Crippen LogP contribution >= 0.6 is 22.9 Å². The number of imide groups is 1. The van der Waals surface area contributed by atoms with Crippen LogP contribution < -0.4 is 0 Å². The molecular weight excluding hydrogens is 356 g/mol. The highest BCUT2D eigenvalue weighted by Gasteiger charge is 2.39. The summed E-state index contributed by atoms with van der Waals surface area (Å²) in [4.78, 5) is 31.6. The zero-order chi connectivity index (χ0) is 18.1. The van der Waals surface area contributed by atoms with Crippen molar-refractivity contribution < 1.29 is 9.59 Å². The number of hydrogen-bond acceptors (Lipinski definition) is 4. The summed E-state index contributed by atoms with van der Waals surface area (Å²) in [6, 6.07) is 10.2. The topological polar surface area (TPSA) is 50.3 Å². The second kappa shape index (κ2) is 6.94. The van der Waals surface area contributed by atoms with E-state index in [1.54, 1.807) is 31.2 Å². The molecule has 1 aromatic carbocycles. The molecule has 6 heteroatoms. The quantitative estimate of drug-likeness (QED) is 0.451. The summed E-state index contributed by atoms with van der Waals surface area (Å²) in [5.74, 6) is -0.584. The fourth-order valence-corrected chi connectivity index (χ4v) is 3.98. The first-order chi connectivity index (χ1) is 12.1. The van der Waals surface area contributed by atoms with Crippen LogP contribution in [0.1, 0.15) is 53.1 Å². The van der Waals surface area contributed by atoms with Gasteiger partial charge in [-0.3, -0.25) is 14.5 Å². The highest BCUT2D eigenvalue weighted by atomic mass is 35.5. The van der Waals surface area contributed by atoms with E-state index in [0.29, 0.717) is 21.8 Å². The first-order valence-electron chi connectivity index (χ1n) is 8.08. The van der Waals surface area contributed by atoms with Crippen molar-refractivity contribution in [3.05, 3.63) is 63.6 Å². The normalized spacial score (nSPS) is 14.3. The van der Waals surface area contributed by atoms with Gasteiger partial charge in [0.2, 0.25) is 0 Å². The third-order valence-corrected chi connectivity index (χ3v) is 5.21. The van der Waals surface area contributed by atoms with E-state index in [4.69, 9.17) is 11.6 Å². The van der Waals surface area contributed by atoms with Gasteiger partial charge in [-0.1, -0.05) is 37.6 Å². The van der Waals surface area contributed by atoms with E-state index in [1.807, 2.05) is 31.4 Å². The standard InChI is InChI=1S/C17H11ClN2O2S.C2H6/c1-9(13-8-10-6-7-23-15(10)19-14(13)18)20-16(21)11-4-2-3-5-12(11)17(20)22;1-2/h2-9H,1H3;1-2H3/t9-;/m0./s1. The summed E-state index contributed by atoms with van der Waals surface area (Å²) in [7, 11) is 0. The molecule has 0 bridgehead atoms. The average Bonchev–Trinajstić information content (AvgIpc) is 3.18. The Labute approximate surface area is 155 Å². The van der Waals surface area contributed by atoms with Gasteiger partial charge in [0, 0.05) is 10.9 Å². The average molecular weight is 373 g/mol. The summed E-state index contributed by atoms with van der Waals surface area (Å²) in [6.45, 7) is 5.79. The molecule has 4 rings (SSSR count). The Morgan fingerprint density at radius 1 is 1.08 bits per heavy atom. The second-order valence-corrected chi connectivity index (χ2v) is 6.64. The Morgan fingerprint density at radius 2 is 1.68 bits per heavy atom. The predicted molar refractivity (Wildman–Crippen MR) is 101 cm³/mol. The van der Waals surface area contributed by atoms with Crippen molar-refractivity contribution in [3.63, 3.8) is 0 Å². The summed E-state index contributed by atoms with van der Waals surface area (Å²) in [6.07, 6.45) is 0. The Hall–Kier alpha value is -2.24. The molecular formula is C19H17ClN2O2S. The highest BCUT2D eigenvalue weighted by Crippen LogP contribution is 2.35. The fourth-order valence-electron chi connectivity index (χ4n) is 2.88. The third kappa shape index (κ3) is 2.83. The van der Waals surface area contributed by atoms with Crippen LogP contribution in [0.2, 0.25) is 5.15 Å². The van der Waals surface area contributed by atoms with Crippen molar-refractivity contribution in [1.82, 2.24) is 9.88 Å². The largest absolute Gasteiger partial charge is 0.269 e. The van der Waals surface area contributed by atoms with Crippen LogP contribution in [0.15, 0.2) is 41.8 Å². The number of carbonyl (C=O) groups excluding carboxylic acids is 2. The number of pyridine rings is 1. The van der Waals surface area contributed by atoms with Gasteiger partial charge in [0.15, 0.2) is 0 Å². The molecule has 1 atom stereocenters. The Morgan fingerprint density at radius 3 is 2.28 bits per heavy atom. The molecule has 0 saturated carbocycles. The number of rotatable bonds is 2. The van der Waals surface area contributed by atoms with Gasteiger partial charge in [-0.05, 0) is 36.6 Å². The van der Waals surface area contributed by atoms with Gasteiger partial charge >= 0.3 is 0 Å². The first-order valence-corrected chi connectivity index (χ1v) is 9.34. The van der Waals surface area contributed by atoms with Crippen molar-refractivity contribution in [2.24, 2.45) is 0 Å². The lowest BCUT2D eigenvalue weighted by molar-refractivity contribution is 0.0595. The van der Waals surface area contributed by atoms with Gasteiger partial charge in [0.05, 0.1) is 17.2 Å². The maximum Gasteiger partial charge on any atom is 0.262 e. The molecule has 0 aliphatic carbocycles. The molecule has 0 spiro atoms. The molecule has 3 heterocycles. The zero-order valence-electron chi connectivity index (χ0n) is 14.1. The lowest BCUT2D eigenvalue weighted by atomic mass is 10.1. The molecule has 1 aliphatic rings. The van der Waals surface area contributed by atoms with E-state index >= 15 is 0 Å².